The first-order valence-electron chi connectivity index (χ1n) is 9.84. The van der Waals surface area contributed by atoms with Gasteiger partial charge in [-0.15, -0.1) is 0 Å². The number of allylic oxidation sites excluding steroid dienone is 2. The third kappa shape index (κ3) is 2.44. The highest BCUT2D eigenvalue weighted by atomic mass is 16.5. The van der Waals surface area contributed by atoms with Crippen LogP contribution in [0.1, 0.15) is 52.0 Å². The number of carbonyl (C=O) groups is 2. The molecule has 3 aliphatic rings. The molecule has 0 aromatic heterocycles. The number of rotatable bonds is 5. The number of aliphatic hydroxyl groups is 1. The van der Waals surface area contributed by atoms with Gasteiger partial charge < -0.3 is 14.7 Å². The highest BCUT2D eigenvalue weighted by Crippen LogP contribution is 2.51. The van der Waals surface area contributed by atoms with Crippen LogP contribution in [0.5, 0.6) is 0 Å². The van der Waals surface area contributed by atoms with Gasteiger partial charge in [-0.2, -0.15) is 0 Å². The summed E-state index contributed by atoms with van der Waals surface area (Å²) in [4.78, 5) is 28.2. The molecule has 1 N–H and O–H groups in total. The summed E-state index contributed by atoms with van der Waals surface area (Å²) in [5.74, 6) is -0.158. The van der Waals surface area contributed by atoms with E-state index in [1.54, 1.807) is 13.8 Å². The largest absolute Gasteiger partial charge is 0.380 e. The number of hydrogen-bond donors (Lipinski definition) is 1. The van der Waals surface area contributed by atoms with E-state index in [1.807, 2.05) is 29.2 Å². The zero-order valence-electron chi connectivity index (χ0n) is 16.2. The van der Waals surface area contributed by atoms with Crippen LogP contribution in [0.25, 0.3) is 0 Å². The molecule has 2 heterocycles. The number of hydrogen-bond acceptors (Lipinski definition) is 5. The number of fused-ring (bicyclic) bond motifs is 3. The number of nitrogens with zero attached hydrogens (tertiary/aromatic N) is 1. The van der Waals surface area contributed by atoms with Gasteiger partial charge in [0.15, 0.2) is 17.8 Å². The Bertz CT molecular complexity index is 844. The monoisotopic (exact) mass is 369 g/mol. The number of ketones is 2. The number of Topliss-reactive ketones (excluding diaryl/α,β-unsaturated/α-hetero) is 2. The van der Waals surface area contributed by atoms with Crippen molar-refractivity contribution in [2.45, 2.75) is 58.3 Å². The van der Waals surface area contributed by atoms with Crippen LogP contribution in [-0.4, -0.2) is 36.1 Å². The first-order chi connectivity index (χ1) is 12.8. The van der Waals surface area contributed by atoms with Crippen molar-refractivity contribution in [1.29, 1.82) is 0 Å². The molecule has 1 saturated heterocycles. The summed E-state index contributed by atoms with van der Waals surface area (Å²) in [7, 11) is 0. The fourth-order valence-electron chi connectivity index (χ4n) is 4.88. The van der Waals surface area contributed by atoms with E-state index in [4.69, 9.17) is 4.74 Å². The van der Waals surface area contributed by atoms with Crippen LogP contribution in [0.15, 0.2) is 35.4 Å². The van der Waals surface area contributed by atoms with Crippen LogP contribution in [0.4, 0.5) is 5.69 Å². The number of carbonyl (C=O) groups excluding carboxylic acids is 2. The molecule has 1 aromatic carbocycles. The van der Waals surface area contributed by atoms with Crippen molar-refractivity contribution in [3.05, 3.63) is 41.0 Å². The predicted molar refractivity (Wildman–Crippen MR) is 102 cm³/mol. The molecule has 1 fully saturated rings. The van der Waals surface area contributed by atoms with E-state index in [0.717, 1.165) is 24.1 Å². The fraction of sp³-hybridized carbons (Fsp3) is 0.545. The van der Waals surface area contributed by atoms with E-state index in [0.29, 0.717) is 30.6 Å². The molecule has 3 atom stereocenters. The van der Waals surface area contributed by atoms with Crippen LogP contribution in [0.3, 0.4) is 0 Å². The van der Waals surface area contributed by atoms with Gasteiger partial charge in [-0.1, -0.05) is 31.5 Å². The summed E-state index contributed by atoms with van der Waals surface area (Å²) in [5, 5.41) is 11.2. The summed E-state index contributed by atoms with van der Waals surface area (Å²) in [6.45, 7) is 6.28. The van der Waals surface area contributed by atoms with E-state index in [2.05, 4.69) is 6.92 Å². The van der Waals surface area contributed by atoms with E-state index in [-0.39, 0.29) is 18.1 Å². The molecule has 1 aromatic rings. The van der Waals surface area contributed by atoms with Gasteiger partial charge >= 0.3 is 0 Å². The summed E-state index contributed by atoms with van der Waals surface area (Å²) < 4.78 is 5.86. The molecule has 2 aliphatic heterocycles. The molecule has 0 spiro atoms. The van der Waals surface area contributed by atoms with Crippen molar-refractivity contribution in [3.8, 4) is 0 Å². The van der Waals surface area contributed by atoms with Gasteiger partial charge in [0.05, 0.1) is 6.61 Å². The minimum Gasteiger partial charge on any atom is -0.380 e. The van der Waals surface area contributed by atoms with Crippen LogP contribution in [0, 0.1) is 5.41 Å². The number of anilines is 1. The molecular weight excluding hydrogens is 342 g/mol. The minimum absolute atomic E-state index is 0.0654. The molecule has 0 bridgehead atoms. The van der Waals surface area contributed by atoms with Gasteiger partial charge in [-0.3, -0.25) is 9.59 Å². The van der Waals surface area contributed by atoms with Gasteiger partial charge in [0, 0.05) is 29.8 Å². The van der Waals surface area contributed by atoms with Crippen molar-refractivity contribution < 1.29 is 19.4 Å². The second-order valence-corrected chi connectivity index (χ2v) is 8.24. The summed E-state index contributed by atoms with van der Waals surface area (Å²) in [6, 6.07) is 7.65. The van der Waals surface area contributed by atoms with Crippen LogP contribution in [0.2, 0.25) is 0 Å². The highest BCUT2D eigenvalue weighted by Gasteiger charge is 2.58. The molecule has 1 aliphatic carbocycles. The lowest BCUT2D eigenvalue weighted by Gasteiger charge is -2.34. The third-order valence-electron chi connectivity index (χ3n) is 6.47. The molecule has 0 unspecified atom stereocenters. The third-order valence-corrected chi connectivity index (χ3v) is 6.47. The number of benzene rings is 1. The second kappa shape index (κ2) is 6.28. The molecule has 144 valence electrons. The number of unbranched alkanes of at least 4 members (excludes halogenated alkanes) is 1. The predicted octanol–water partition coefficient (Wildman–Crippen LogP) is 3.11. The Hall–Kier alpha value is -1.98. The Morgan fingerprint density at radius 3 is 2.74 bits per heavy atom. The lowest BCUT2D eigenvalue weighted by atomic mass is 9.82. The molecule has 0 amide bonds. The average Bonchev–Trinajstić information content (AvgIpc) is 3.20. The summed E-state index contributed by atoms with van der Waals surface area (Å²) >= 11 is 0. The molecule has 4 rings (SSSR count). The topological polar surface area (TPSA) is 66.8 Å². The van der Waals surface area contributed by atoms with Gasteiger partial charge in [-0.05, 0) is 38.3 Å². The molecule has 0 saturated carbocycles. The van der Waals surface area contributed by atoms with Crippen LogP contribution in [-0.2, 0) is 19.9 Å². The maximum Gasteiger partial charge on any atom is 0.174 e. The van der Waals surface area contributed by atoms with Crippen LogP contribution >= 0.6 is 0 Å². The van der Waals surface area contributed by atoms with Crippen molar-refractivity contribution in [2.24, 2.45) is 5.41 Å². The number of para-hydroxylation sites is 1. The lowest BCUT2D eigenvalue weighted by Crippen LogP contribution is -2.50. The van der Waals surface area contributed by atoms with E-state index in [9.17, 15) is 14.7 Å². The first-order valence-corrected chi connectivity index (χ1v) is 9.84. The van der Waals surface area contributed by atoms with Crippen molar-refractivity contribution in [1.82, 2.24) is 0 Å². The maximum absolute atomic E-state index is 13.2. The Labute approximate surface area is 160 Å². The molecule has 27 heavy (non-hydrogen) atoms. The van der Waals surface area contributed by atoms with Gasteiger partial charge in [0.25, 0.3) is 0 Å². The van der Waals surface area contributed by atoms with E-state index >= 15 is 0 Å². The van der Waals surface area contributed by atoms with Crippen molar-refractivity contribution >= 4 is 17.3 Å². The lowest BCUT2D eigenvalue weighted by molar-refractivity contribution is -0.133. The molecule has 0 radical (unpaired) electrons. The Morgan fingerprint density at radius 2 is 2.00 bits per heavy atom. The Kier molecular flexibility index (Phi) is 4.28. The normalized spacial score (nSPS) is 32.4. The van der Waals surface area contributed by atoms with Crippen molar-refractivity contribution in [2.75, 3.05) is 18.1 Å². The smallest absolute Gasteiger partial charge is 0.174 e. The molecule has 5 nitrogen and oxygen atoms in total. The fourth-order valence-corrected chi connectivity index (χ4v) is 4.88. The Morgan fingerprint density at radius 1 is 1.26 bits per heavy atom. The van der Waals surface area contributed by atoms with Gasteiger partial charge in [0.2, 0.25) is 0 Å². The average molecular weight is 369 g/mol. The first kappa shape index (κ1) is 18.4. The standard InChI is InChI=1S/C22H27NO4/c1-4-5-8-15-14(2)18(24)21(3,19(15)25)13-23-17-10-7-6-9-16(17)22(26)11-12-27-20(22)23/h6-7,9-10,20,26H,4-5,8,11-13H2,1-3H3/t20-,21+,22-/m1/s1. The molecular formula is C22H27NO4. The van der Waals surface area contributed by atoms with E-state index in [1.165, 1.54) is 0 Å². The SMILES string of the molecule is CCCCC1=C(C)C(=O)[C@](C)(CN2c3ccccc3[C@]3(O)CCO[C@@H]23)C1=O. The summed E-state index contributed by atoms with van der Waals surface area (Å²) in [6.07, 6.45) is 2.51. The molecule has 5 heteroatoms. The van der Waals surface area contributed by atoms with Crippen molar-refractivity contribution in [3.63, 3.8) is 0 Å². The van der Waals surface area contributed by atoms with Gasteiger partial charge in [-0.25, -0.2) is 0 Å². The van der Waals surface area contributed by atoms with E-state index < -0.39 is 17.2 Å². The van der Waals surface area contributed by atoms with Gasteiger partial charge in [0.1, 0.15) is 11.0 Å². The zero-order valence-corrected chi connectivity index (χ0v) is 16.2. The second-order valence-electron chi connectivity index (χ2n) is 8.24. The maximum atomic E-state index is 13.2. The quantitative estimate of drug-likeness (QED) is 0.808. The highest BCUT2D eigenvalue weighted by molar-refractivity contribution is 6.27. The zero-order chi connectivity index (χ0) is 19.4. The number of ether oxygens (including phenoxy) is 1. The minimum atomic E-state index is -1.13. The summed E-state index contributed by atoms with van der Waals surface area (Å²) in [5.41, 5.74) is 0.754. The Balaban J connectivity index is 1.68. The van der Waals surface area contributed by atoms with Crippen LogP contribution < -0.4 is 4.90 Å².